The van der Waals surface area contributed by atoms with Gasteiger partial charge in [-0.2, -0.15) is 0 Å². The highest BCUT2D eigenvalue weighted by atomic mass is 15.1. The fourth-order valence-corrected chi connectivity index (χ4v) is 2.59. The van der Waals surface area contributed by atoms with Crippen LogP contribution in [-0.2, 0) is 0 Å². The summed E-state index contributed by atoms with van der Waals surface area (Å²) in [5.74, 6) is -1.23. The topological polar surface area (TPSA) is 248 Å². The predicted octanol–water partition coefficient (Wildman–Crippen LogP) is 0.575. The lowest BCUT2D eigenvalue weighted by molar-refractivity contribution is 1.38. The van der Waals surface area contributed by atoms with Gasteiger partial charge in [0.2, 0.25) is 0 Å². The Kier molecular flexibility index (Phi) is 5.86. The van der Waals surface area contributed by atoms with E-state index in [2.05, 4.69) is 21.3 Å². The van der Waals surface area contributed by atoms with Gasteiger partial charge < -0.3 is 44.2 Å². The number of hydrogen-bond acceptors (Lipinski definition) is 4. The summed E-state index contributed by atoms with van der Waals surface area (Å²) in [5, 5.41) is 41.0. The Labute approximate surface area is 160 Å². The molecule has 0 radical (unpaired) electrons. The Morgan fingerprint density at radius 2 is 0.857 bits per heavy atom. The zero-order valence-electron chi connectivity index (χ0n) is 14.8. The Morgan fingerprint density at radius 1 is 0.536 bits per heavy atom. The maximum Gasteiger partial charge on any atom is 0.190 e. The third-order valence-corrected chi connectivity index (χ3v) is 3.48. The van der Waals surface area contributed by atoms with Crippen molar-refractivity contribution < 1.29 is 0 Å². The maximum absolute atomic E-state index is 7.60. The second-order valence-electron chi connectivity index (χ2n) is 5.61. The minimum Gasteiger partial charge on any atom is -0.370 e. The molecule has 0 fully saturated rings. The number of para-hydroxylation sites is 2. The fraction of sp³-hybridized carbons (Fsp3) is 0. The van der Waals surface area contributed by atoms with Gasteiger partial charge in [0.15, 0.2) is 23.8 Å². The molecule has 12 heteroatoms. The number of benzene rings is 2. The lowest BCUT2D eigenvalue weighted by Crippen LogP contribution is -2.26. The number of hydrogen-bond donors (Lipinski definition) is 12. The van der Waals surface area contributed by atoms with Crippen LogP contribution in [-0.4, -0.2) is 23.8 Å². The first-order valence-corrected chi connectivity index (χ1v) is 7.89. The molecule has 146 valence electrons. The van der Waals surface area contributed by atoms with Crippen LogP contribution in [0.4, 0.5) is 22.7 Å². The average molecular weight is 382 g/mol. The molecular formula is C16H22N12. The van der Waals surface area contributed by atoms with Gasteiger partial charge in [-0.15, -0.1) is 0 Å². The Bertz CT molecular complexity index is 871. The Morgan fingerprint density at radius 3 is 1.14 bits per heavy atom. The zero-order chi connectivity index (χ0) is 20.8. The number of nitrogens with two attached hydrogens (primary N) is 4. The summed E-state index contributed by atoms with van der Waals surface area (Å²) in [7, 11) is 0. The van der Waals surface area contributed by atoms with E-state index in [1.807, 2.05) is 0 Å². The lowest BCUT2D eigenvalue weighted by atomic mass is 9.99. The second kappa shape index (κ2) is 8.27. The van der Waals surface area contributed by atoms with Crippen LogP contribution in [0.2, 0.25) is 0 Å². The molecule has 0 saturated heterocycles. The molecule has 12 nitrogen and oxygen atoms in total. The highest BCUT2D eigenvalue weighted by Crippen LogP contribution is 2.41. The highest BCUT2D eigenvalue weighted by molar-refractivity contribution is 6.09. The van der Waals surface area contributed by atoms with Crippen molar-refractivity contribution in [2.75, 3.05) is 21.3 Å². The van der Waals surface area contributed by atoms with E-state index in [0.717, 1.165) is 0 Å². The molecule has 0 amide bonds. The first-order valence-electron chi connectivity index (χ1n) is 7.89. The van der Waals surface area contributed by atoms with Gasteiger partial charge in [0.25, 0.3) is 0 Å². The maximum atomic E-state index is 7.60. The fourth-order valence-electron chi connectivity index (χ4n) is 2.59. The average Bonchev–Trinajstić information content (AvgIpc) is 2.56. The molecule has 0 spiro atoms. The third-order valence-electron chi connectivity index (χ3n) is 3.48. The molecule has 2 aromatic carbocycles. The summed E-state index contributed by atoms with van der Waals surface area (Å²) in [5.41, 5.74) is 24.7. The van der Waals surface area contributed by atoms with Crippen LogP contribution in [0.3, 0.4) is 0 Å². The van der Waals surface area contributed by atoms with Gasteiger partial charge in [-0.3, -0.25) is 21.6 Å². The normalized spacial score (nSPS) is 9.86. The predicted molar refractivity (Wildman–Crippen MR) is 114 cm³/mol. The molecule has 0 unspecified atom stereocenters. The number of rotatable bonds is 5. The van der Waals surface area contributed by atoms with Gasteiger partial charge in [0.05, 0.1) is 22.7 Å². The van der Waals surface area contributed by atoms with Crippen molar-refractivity contribution in [1.82, 2.24) is 0 Å². The van der Waals surface area contributed by atoms with Crippen LogP contribution < -0.4 is 44.2 Å². The molecule has 2 rings (SSSR count). The van der Waals surface area contributed by atoms with E-state index in [4.69, 9.17) is 44.6 Å². The monoisotopic (exact) mass is 382 g/mol. The van der Waals surface area contributed by atoms with E-state index in [9.17, 15) is 0 Å². The van der Waals surface area contributed by atoms with E-state index in [-0.39, 0.29) is 23.8 Å². The summed E-state index contributed by atoms with van der Waals surface area (Å²) < 4.78 is 0. The van der Waals surface area contributed by atoms with E-state index >= 15 is 0 Å². The molecule has 28 heavy (non-hydrogen) atoms. The molecule has 2 aromatic rings. The minimum atomic E-state index is -0.321. The molecule has 0 saturated carbocycles. The lowest BCUT2D eigenvalue weighted by Gasteiger charge is -2.21. The standard InChI is InChI=1S/C16H22N12/c17-13(18)25-9-5-1-3-7(11(9)27-15(21)22)8-4-2-6-10(26-14(19)20)12(8)28-16(23)24/h1-6H,(H4,17,18,25)(H4,19,20,26)(H4,21,22,27)(H4,23,24,28). The molecule has 0 aromatic heterocycles. The molecular weight excluding hydrogens is 360 g/mol. The molecule has 0 heterocycles. The number of nitrogens with one attached hydrogen (secondary N) is 8. The zero-order valence-corrected chi connectivity index (χ0v) is 14.8. The van der Waals surface area contributed by atoms with Gasteiger partial charge in [0, 0.05) is 11.1 Å². The van der Waals surface area contributed by atoms with Crippen molar-refractivity contribution in [1.29, 1.82) is 21.6 Å². The van der Waals surface area contributed by atoms with Crippen LogP contribution in [0.5, 0.6) is 0 Å². The smallest absolute Gasteiger partial charge is 0.190 e. The number of anilines is 4. The largest absolute Gasteiger partial charge is 0.370 e. The summed E-state index contributed by atoms with van der Waals surface area (Å²) in [6.45, 7) is 0. The minimum absolute atomic E-state index is 0.294. The van der Waals surface area contributed by atoms with Crippen LogP contribution in [0.15, 0.2) is 36.4 Å². The number of guanidine groups is 4. The Hall–Kier alpha value is -4.48. The van der Waals surface area contributed by atoms with Crippen molar-refractivity contribution in [3.8, 4) is 11.1 Å². The van der Waals surface area contributed by atoms with E-state index < -0.39 is 0 Å². The second-order valence-corrected chi connectivity index (χ2v) is 5.61. The summed E-state index contributed by atoms with van der Waals surface area (Å²) >= 11 is 0. The van der Waals surface area contributed by atoms with Crippen molar-refractivity contribution >= 4 is 46.6 Å². The molecule has 16 N–H and O–H groups in total. The highest BCUT2D eigenvalue weighted by Gasteiger charge is 2.17. The van der Waals surface area contributed by atoms with E-state index in [1.54, 1.807) is 36.4 Å². The molecule has 0 aliphatic carbocycles. The van der Waals surface area contributed by atoms with Crippen molar-refractivity contribution in [2.24, 2.45) is 22.9 Å². The van der Waals surface area contributed by atoms with Crippen molar-refractivity contribution in [3.63, 3.8) is 0 Å². The van der Waals surface area contributed by atoms with Gasteiger partial charge in [-0.05, 0) is 12.1 Å². The van der Waals surface area contributed by atoms with Gasteiger partial charge in [-0.1, -0.05) is 24.3 Å². The molecule has 0 atom stereocenters. The van der Waals surface area contributed by atoms with Crippen molar-refractivity contribution in [3.05, 3.63) is 36.4 Å². The van der Waals surface area contributed by atoms with Gasteiger partial charge in [0.1, 0.15) is 0 Å². The molecule has 0 bridgehead atoms. The van der Waals surface area contributed by atoms with Crippen LogP contribution in [0, 0.1) is 21.6 Å². The first kappa shape index (κ1) is 19.8. The quantitative estimate of drug-likeness (QED) is 0.256. The Balaban J connectivity index is 2.75. The van der Waals surface area contributed by atoms with Crippen LogP contribution in [0.25, 0.3) is 11.1 Å². The summed E-state index contributed by atoms with van der Waals surface area (Å²) in [6, 6.07) is 10.2. The van der Waals surface area contributed by atoms with Crippen molar-refractivity contribution in [2.45, 2.75) is 0 Å². The van der Waals surface area contributed by atoms with Gasteiger partial charge in [-0.25, -0.2) is 0 Å². The van der Waals surface area contributed by atoms with Gasteiger partial charge >= 0.3 is 0 Å². The first-order chi connectivity index (χ1) is 13.2. The third kappa shape index (κ3) is 4.78. The molecule has 0 aliphatic heterocycles. The van der Waals surface area contributed by atoms with Crippen LogP contribution >= 0.6 is 0 Å². The summed E-state index contributed by atoms with van der Waals surface area (Å²) in [6.07, 6.45) is 0. The van der Waals surface area contributed by atoms with E-state index in [1.165, 1.54) is 0 Å². The molecule has 0 aliphatic rings. The summed E-state index contributed by atoms with van der Waals surface area (Å²) in [4.78, 5) is 0. The van der Waals surface area contributed by atoms with Crippen LogP contribution in [0.1, 0.15) is 0 Å². The van der Waals surface area contributed by atoms with E-state index in [0.29, 0.717) is 33.9 Å². The SMILES string of the molecule is N=C(N)Nc1cccc(-c2cccc(NC(=N)N)c2NC(=N)N)c1NC(=N)N.